The van der Waals surface area contributed by atoms with E-state index in [-0.39, 0.29) is 0 Å². The number of aromatic hydroxyl groups is 1. The van der Waals surface area contributed by atoms with E-state index in [1.165, 1.54) is 32.6 Å². The second-order valence-electron chi connectivity index (χ2n) is 4.91. The maximum absolute atomic E-state index is 9.56. The Labute approximate surface area is 125 Å². The molecule has 0 fully saturated rings. The number of fused-ring (bicyclic) bond motifs is 1. The Morgan fingerprint density at radius 1 is 1.32 bits per heavy atom. The minimum Gasteiger partial charge on any atom is -0.508 e. The van der Waals surface area contributed by atoms with Crippen LogP contribution in [0.15, 0.2) is 34.1 Å². The summed E-state index contributed by atoms with van der Waals surface area (Å²) >= 11 is 5.27. The highest BCUT2D eigenvalue weighted by molar-refractivity contribution is 9.11. The summed E-state index contributed by atoms with van der Waals surface area (Å²) in [6.45, 7) is 0.904. The van der Waals surface area contributed by atoms with Crippen LogP contribution in [0.5, 0.6) is 5.75 Å². The van der Waals surface area contributed by atoms with Crippen molar-refractivity contribution in [2.45, 2.75) is 31.8 Å². The Morgan fingerprint density at radius 3 is 3.00 bits per heavy atom. The van der Waals surface area contributed by atoms with Gasteiger partial charge in [0.15, 0.2) is 0 Å². The van der Waals surface area contributed by atoms with Crippen molar-refractivity contribution in [3.63, 3.8) is 0 Å². The van der Waals surface area contributed by atoms with Gasteiger partial charge in [-0.2, -0.15) is 0 Å². The van der Waals surface area contributed by atoms with Crippen molar-refractivity contribution in [2.75, 3.05) is 0 Å². The van der Waals surface area contributed by atoms with Gasteiger partial charge >= 0.3 is 0 Å². The highest BCUT2D eigenvalue weighted by Gasteiger charge is 2.20. The predicted octanol–water partition coefficient (Wildman–Crippen LogP) is 4.38. The van der Waals surface area contributed by atoms with Crippen molar-refractivity contribution in [2.24, 2.45) is 0 Å². The van der Waals surface area contributed by atoms with Crippen LogP contribution < -0.4 is 5.32 Å². The lowest BCUT2D eigenvalue weighted by Gasteiger charge is -2.26. The molecule has 0 saturated carbocycles. The van der Waals surface area contributed by atoms with Gasteiger partial charge in [-0.05, 0) is 70.6 Å². The van der Waals surface area contributed by atoms with Crippen LogP contribution in [0.25, 0.3) is 0 Å². The van der Waals surface area contributed by atoms with Crippen molar-refractivity contribution in [1.82, 2.24) is 5.32 Å². The molecule has 1 atom stereocenters. The highest BCUT2D eigenvalue weighted by atomic mass is 79.9. The molecule has 1 aliphatic rings. The lowest BCUT2D eigenvalue weighted by atomic mass is 9.87. The van der Waals surface area contributed by atoms with E-state index in [1.54, 1.807) is 17.4 Å². The quantitative estimate of drug-likeness (QED) is 0.870. The van der Waals surface area contributed by atoms with Crippen molar-refractivity contribution in [3.8, 4) is 5.75 Å². The lowest BCUT2D eigenvalue weighted by molar-refractivity contribution is 0.450. The van der Waals surface area contributed by atoms with Crippen LogP contribution in [0, 0.1) is 0 Å². The number of benzene rings is 1. The van der Waals surface area contributed by atoms with Gasteiger partial charge in [-0.1, -0.05) is 6.07 Å². The van der Waals surface area contributed by atoms with E-state index in [1.807, 2.05) is 6.07 Å². The van der Waals surface area contributed by atoms with Gasteiger partial charge in [-0.15, -0.1) is 11.3 Å². The molecule has 1 aromatic carbocycles. The van der Waals surface area contributed by atoms with Gasteiger partial charge in [-0.3, -0.25) is 0 Å². The van der Waals surface area contributed by atoms with Crippen LogP contribution >= 0.6 is 27.3 Å². The van der Waals surface area contributed by atoms with Gasteiger partial charge in [0.2, 0.25) is 0 Å². The molecular formula is C15H16BrNOS. The first-order valence-corrected chi connectivity index (χ1v) is 8.13. The molecule has 2 N–H and O–H groups in total. The standard InChI is InChI=1S/C15H16BrNOS/c16-15-7-5-12(19-15)9-17-14-3-1-2-10-8-11(18)4-6-13(10)14/h4-8,14,17-18H,1-3,9H2. The normalized spacial score (nSPS) is 18.3. The number of hydrogen-bond acceptors (Lipinski definition) is 3. The van der Waals surface area contributed by atoms with Gasteiger partial charge in [-0.25, -0.2) is 0 Å². The van der Waals surface area contributed by atoms with Gasteiger partial charge in [0.05, 0.1) is 3.79 Å². The summed E-state index contributed by atoms with van der Waals surface area (Å²) in [4.78, 5) is 1.35. The van der Waals surface area contributed by atoms with Crippen LogP contribution in [-0.2, 0) is 13.0 Å². The van der Waals surface area contributed by atoms with E-state index in [4.69, 9.17) is 0 Å². The van der Waals surface area contributed by atoms with E-state index < -0.39 is 0 Å². The average molecular weight is 338 g/mol. The van der Waals surface area contributed by atoms with E-state index in [9.17, 15) is 5.11 Å². The molecule has 0 bridgehead atoms. The molecule has 1 unspecified atom stereocenters. The molecule has 0 amide bonds. The number of phenols is 1. The Bertz CT molecular complexity index is 581. The summed E-state index contributed by atoms with van der Waals surface area (Å²) < 4.78 is 1.18. The number of rotatable bonds is 3. The molecule has 1 aromatic heterocycles. The first kappa shape index (κ1) is 13.2. The maximum atomic E-state index is 9.56. The van der Waals surface area contributed by atoms with E-state index >= 15 is 0 Å². The lowest BCUT2D eigenvalue weighted by Crippen LogP contribution is -2.24. The fourth-order valence-corrected chi connectivity index (χ4v) is 4.12. The molecule has 1 aliphatic carbocycles. The molecule has 3 rings (SSSR count). The smallest absolute Gasteiger partial charge is 0.115 e. The Morgan fingerprint density at radius 2 is 2.21 bits per heavy atom. The van der Waals surface area contributed by atoms with Crippen molar-refractivity contribution >= 4 is 27.3 Å². The second-order valence-corrected chi connectivity index (χ2v) is 7.46. The van der Waals surface area contributed by atoms with Gasteiger partial charge in [0.1, 0.15) is 5.75 Å². The Hall–Kier alpha value is -0.840. The first-order chi connectivity index (χ1) is 9.22. The molecule has 2 aromatic rings. The summed E-state index contributed by atoms with van der Waals surface area (Å²) in [6.07, 6.45) is 3.43. The minimum absolute atomic E-state index is 0.376. The minimum atomic E-state index is 0.376. The third kappa shape index (κ3) is 3.02. The fraction of sp³-hybridized carbons (Fsp3) is 0.333. The molecule has 0 saturated heterocycles. The fourth-order valence-electron chi connectivity index (χ4n) is 2.68. The number of phenolic OH excluding ortho intramolecular Hbond substituents is 1. The third-order valence-corrected chi connectivity index (χ3v) is 5.22. The van der Waals surface area contributed by atoms with Crippen LogP contribution in [0.4, 0.5) is 0 Å². The zero-order chi connectivity index (χ0) is 13.2. The highest BCUT2D eigenvalue weighted by Crippen LogP contribution is 2.32. The molecule has 1 heterocycles. The SMILES string of the molecule is Oc1ccc2c(c1)CCCC2NCc1ccc(Br)s1. The molecule has 0 aliphatic heterocycles. The molecule has 2 nitrogen and oxygen atoms in total. The largest absolute Gasteiger partial charge is 0.508 e. The summed E-state index contributed by atoms with van der Waals surface area (Å²) in [5, 5.41) is 13.2. The predicted molar refractivity (Wildman–Crippen MR) is 82.6 cm³/mol. The molecule has 0 spiro atoms. The number of aryl methyl sites for hydroxylation is 1. The number of nitrogens with one attached hydrogen (secondary N) is 1. The average Bonchev–Trinajstić information content (AvgIpc) is 2.81. The molecular weight excluding hydrogens is 322 g/mol. The zero-order valence-corrected chi connectivity index (χ0v) is 12.9. The Balaban J connectivity index is 1.73. The summed E-state index contributed by atoms with van der Waals surface area (Å²) in [6, 6.07) is 10.4. The molecule has 100 valence electrons. The molecule has 19 heavy (non-hydrogen) atoms. The second kappa shape index (κ2) is 5.65. The van der Waals surface area contributed by atoms with Crippen LogP contribution in [0.1, 0.15) is 34.9 Å². The summed E-state index contributed by atoms with van der Waals surface area (Å²) in [5.41, 5.74) is 2.63. The van der Waals surface area contributed by atoms with Gasteiger partial charge in [0, 0.05) is 17.5 Å². The molecule has 0 radical (unpaired) electrons. The van der Waals surface area contributed by atoms with Crippen molar-refractivity contribution in [1.29, 1.82) is 0 Å². The third-order valence-electron chi connectivity index (χ3n) is 3.59. The maximum Gasteiger partial charge on any atom is 0.115 e. The first-order valence-electron chi connectivity index (χ1n) is 6.52. The summed E-state index contributed by atoms with van der Waals surface area (Å²) in [7, 11) is 0. The van der Waals surface area contributed by atoms with Crippen LogP contribution in [0.3, 0.4) is 0 Å². The van der Waals surface area contributed by atoms with Crippen LogP contribution in [-0.4, -0.2) is 5.11 Å². The molecule has 4 heteroatoms. The van der Waals surface area contributed by atoms with Crippen LogP contribution in [0.2, 0.25) is 0 Å². The number of hydrogen-bond donors (Lipinski definition) is 2. The topological polar surface area (TPSA) is 32.3 Å². The van der Waals surface area contributed by atoms with Gasteiger partial charge < -0.3 is 10.4 Å². The van der Waals surface area contributed by atoms with Gasteiger partial charge in [0.25, 0.3) is 0 Å². The van der Waals surface area contributed by atoms with Crippen molar-refractivity contribution in [3.05, 3.63) is 50.1 Å². The van der Waals surface area contributed by atoms with Crippen molar-refractivity contribution < 1.29 is 5.11 Å². The van der Waals surface area contributed by atoms with E-state index in [2.05, 4.69) is 39.4 Å². The summed E-state index contributed by atoms with van der Waals surface area (Å²) in [5.74, 6) is 0.376. The monoisotopic (exact) mass is 337 g/mol. The number of halogens is 1. The van der Waals surface area contributed by atoms with E-state index in [0.717, 1.165) is 13.0 Å². The van der Waals surface area contributed by atoms with E-state index in [0.29, 0.717) is 11.8 Å². The zero-order valence-electron chi connectivity index (χ0n) is 10.5. The Kier molecular flexibility index (Phi) is 3.91. The number of thiophene rings is 1.